The van der Waals surface area contributed by atoms with Crippen molar-refractivity contribution < 1.29 is 42.3 Å². The van der Waals surface area contributed by atoms with Crippen LogP contribution in [0.5, 0.6) is 17.2 Å². The van der Waals surface area contributed by atoms with Crippen molar-refractivity contribution in [3.8, 4) is 28.5 Å². The molecular weight excluding hydrogens is 474 g/mol. The maximum absolute atomic E-state index is 13.4. The van der Waals surface area contributed by atoms with E-state index < -0.39 is 17.8 Å². The SMILES string of the molecule is Cc1ccc(NC(=O)C2(c3ccc4c(c3)OC(F)(F)O4)CC2)nc1-c1ccc(OCC(O)CO)cc1.[HH].[HH].[HH]. The molecule has 3 aromatic rings. The van der Waals surface area contributed by atoms with Gasteiger partial charge in [-0.2, -0.15) is 0 Å². The number of amides is 1. The number of nitrogens with one attached hydrogen (secondary N) is 1. The van der Waals surface area contributed by atoms with Crippen molar-refractivity contribution in [2.45, 2.75) is 37.6 Å². The van der Waals surface area contributed by atoms with Crippen LogP contribution in [0.2, 0.25) is 0 Å². The highest BCUT2D eigenvalue weighted by molar-refractivity contribution is 6.01. The van der Waals surface area contributed by atoms with Crippen LogP contribution < -0.4 is 19.5 Å². The number of hydrogen-bond acceptors (Lipinski definition) is 7. The number of carbonyl (C=O) groups is 1. The Morgan fingerprint density at radius 3 is 2.56 bits per heavy atom. The summed E-state index contributed by atoms with van der Waals surface area (Å²) in [6, 6.07) is 15.1. The Hall–Kier alpha value is -3.76. The number of aliphatic hydroxyl groups is 2. The van der Waals surface area contributed by atoms with Crippen LogP contribution in [0.1, 0.15) is 28.2 Å². The molecule has 1 fully saturated rings. The first kappa shape index (κ1) is 24.0. The molecular formula is C26H30F2N2O6. The molecule has 1 aromatic heterocycles. The monoisotopic (exact) mass is 504 g/mol. The lowest BCUT2D eigenvalue weighted by Crippen LogP contribution is -2.28. The lowest BCUT2D eigenvalue weighted by atomic mass is 9.94. The van der Waals surface area contributed by atoms with Crippen molar-refractivity contribution in [2.24, 2.45) is 0 Å². The molecule has 2 aliphatic rings. The molecule has 1 unspecified atom stereocenters. The van der Waals surface area contributed by atoms with E-state index in [1.165, 1.54) is 12.1 Å². The maximum Gasteiger partial charge on any atom is 0.586 e. The molecule has 1 amide bonds. The van der Waals surface area contributed by atoms with Crippen molar-refractivity contribution >= 4 is 11.7 Å². The lowest BCUT2D eigenvalue weighted by molar-refractivity contribution is -0.286. The van der Waals surface area contributed by atoms with Crippen LogP contribution in [0.3, 0.4) is 0 Å². The van der Waals surface area contributed by atoms with Gasteiger partial charge in [0.2, 0.25) is 5.91 Å². The predicted molar refractivity (Wildman–Crippen MR) is 132 cm³/mol. The van der Waals surface area contributed by atoms with Gasteiger partial charge in [-0.15, -0.1) is 8.78 Å². The van der Waals surface area contributed by atoms with Gasteiger partial charge in [-0.3, -0.25) is 4.79 Å². The molecule has 0 bridgehead atoms. The number of ether oxygens (including phenoxy) is 3. The summed E-state index contributed by atoms with van der Waals surface area (Å²) in [7, 11) is 0. The second kappa shape index (κ2) is 9.03. The van der Waals surface area contributed by atoms with E-state index in [-0.39, 0.29) is 34.9 Å². The average molecular weight is 505 g/mol. The van der Waals surface area contributed by atoms with E-state index in [9.17, 15) is 18.7 Å². The van der Waals surface area contributed by atoms with Gasteiger partial charge >= 0.3 is 6.29 Å². The first-order chi connectivity index (χ1) is 17.2. The van der Waals surface area contributed by atoms with Crippen molar-refractivity contribution in [3.63, 3.8) is 0 Å². The largest absolute Gasteiger partial charge is 0.586 e. The Balaban J connectivity index is 0.00000178. The normalized spacial score (nSPS) is 17.4. The standard InChI is InChI=1S/C26H24F2N2O6.3H2/c1-15-2-9-22(29-23(15)16-3-6-19(7-4-16)34-14-18(32)13-31)30-24(33)25(10-11-25)17-5-8-20-21(12-17)36-26(27,28)35-20;;;/h2-9,12,18,31-32H,10-11,13-14H2,1H3,(H,29,30,33);3*1H. The van der Waals surface area contributed by atoms with E-state index in [1.807, 2.05) is 25.1 Å². The zero-order valence-corrected chi connectivity index (χ0v) is 19.3. The molecule has 10 heteroatoms. The highest BCUT2D eigenvalue weighted by Crippen LogP contribution is 2.52. The highest BCUT2D eigenvalue weighted by Gasteiger charge is 2.53. The smallest absolute Gasteiger partial charge is 0.491 e. The number of pyridine rings is 1. The first-order valence-corrected chi connectivity index (χ1v) is 11.4. The van der Waals surface area contributed by atoms with Gasteiger partial charge in [0, 0.05) is 9.84 Å². The maximum atomic E-state index is 13.4. The summed E-state index contributed by atoms with van der Waals surface area (Å²) in [6.45, 7) is 1.49. The average Bonchev–Trinajstić information content (AvgIpc) is 3.61. The third kappa shape index (κ3) is 4.69. The number of hydrogen-bond donors (Lipinski definition) is 3. The van der Waals surface area contributed by atoms with E-state index in [2.05, 4.69) is 19.8 Å². The molecule has 36 heavy (non-hydrogen) atoms. The molecule has 1 atom stereocenters. The van der Waals surface area contributed by atoms with Gasteiger partial charge in [-0.05, 0) is 73.4 Å². The minimum Gasteiger partial charge on any atom is -0.491 e. The predicted octanol–water partition coefficient (Wildman–Crippen LogP) is 4.52. The third-order valence-corrected chi connectivity index (χ3v) is 6.26. The number of fused-ring (bicyclic) bond motifs is 1. The molecule has 5 rings (SSSR count). The van der Waals surface area contributed by atoms with Gasteiger partial charge in [-0.1, -0.05) is 12.1 Å². The van der Waals surface area contributed by atoms with E-state index in [1.54, 1.807) is 24.3 Å². The Labute approximate surface area is 209 Å². The quantitative estimate of drug-likeness (QED) is 0.414. The zero-order valence-electron chi connectivity index (χ0n) is 19.3. The van der Waals surface area contributed by atoms with Crippen molar-refractivity contribution in [1.82, 2.24) is 4.98 Å². The molecule has 2 heterocycles. The molecule has 0 spiro atoms. The summed E-state index contributed by atoms with van der Waals surface area (Å²) in [6.07, 6.45) is -3.53. The Morgan fingerprint density at radius 2 is 1.86 bits per heavy atom. The van der Waals surface area contributed by atoms with Crippen molar-refractivity contribution in [1.29, 1.82) is 0 Å². The van der Waals surface area contributed by atoms with Crippen LogP contribution in [0.4, 0.5) is 14.6 Å². The number of nitrogens with zero attached hydrogens (tertiary/aromatic N) is 1. The molecule has 0 radical (unpaired) electrons. The summed E-state index contributed by atoms with van der Waals surface area (Å²) in [5.41, 5.74) is 2.10. The summed E-state index contributed by atoms with van der Waals surface area (Å²) in [5.74, 6) is 0.467. The van der Waals surface area contributed by atoms with Crippen LogP contribution in [0.25, 0.3) is 11.3 Å². The van der Waals surface area contributed by atoms with E-state index >= 15 is 0 Å². The van der Waals surface area contributed by atoms with Crippen LogP contribution in [0, 0.1) is 6.92 Å². The van der Waals surface area contributed by atoms with Gasteiger partial charge in [-0.25, -0.2) is 4.98 Å². The summed E-state index contributed by atoms with van der Waals surface area (Å²) in [5, 5.41) is 21.2. The number of anilines is 1. The number of aromatic nitrogens is 1. The molecule has 0 saturated heterocycles. The highest BCUT2D eigenvalue weighted by atomic mass is 19.3. The third-order valence-electron chi connectivity index (χ3n) is 6.26. The van der Waals surface area contributed by atoms with E-state index in [4.69, 9.17) is 9.84 Å². The fourth-order valence-corrected chi connectivity index (χ4v) is 4.10. The first-order valence-electron chi connectivity index (χ1n) is 11.4. The van der Waals surface area contributed by atoms with Gasteiger partial charge in [0.15, 0.2) is 11.5 Å². The van der Waals surface area contributed by atoms with Gasteiger partial charge in [0.25, 0.3) is 0 Å². The van der Waals surface area contributed by atoms with Crippen molar-refractivity contribution in [3.05, 3.63) is 65.7 Å². The summed E-state index contributed by atoms with van der Waals surface area (Å²) < 4.78 is 41.2. The van der Waals surface area contributed by atoms with Crippen molar-refractivity contribution in [2.75, 3.05) is 18.5 Å². The Morgan fingerprint density at radius 1 is 1.14 bits per heavy atom. The number of alkyl halides is 2. The molecule has 3 N–H and O–H groups in total. The topological polar surface area (TPSA) is 110 Å². The van der Waals surface area contributed by atoms with Gasteiger partial charge < -0.3 is 29.7 Å². The molecule has 2 aromatic carbocycles. The minimum absolute atomic E-state index is 0. The summed E-state index contributed by atoms with van der Waals surface area (Å²) in [4.78, 5) is 17.8. The Kier molecular flexibility index (Phi) is 6.01. The van der Waals surface area contributed by atoms with Gasteiger partial charge in [0.1, 0.15) is 24.3 Å². The second-order valence-corrected chi connectivity index (χ2v) is 8.90. The number of benzene rings is 2. The summed E-state index contributed by atoms with van der Waals surface area (Å²) >= 11 is 0. The van der Waals surface area contributed by atoms with Crippen LogP contribution >= 0.6 is 0 Å². The number of halogens is 2. The van der Waals surface area contributed by atoms with E-state index in [0.717, 1.165) is 11.1 Å². The fraction of sp³-hybridized carbons (Fsp3) is 0.308. The van der Waals surface area contributed by atoms with E-state index in [0.29, 0.717) is 35.7 Å². The number of aliphatic hydroxyl groups excluding tert-OH is 2. The van der Waals surface area contributed by atoms with Crippen LogP contribution in [-0.4, -0.2) is 46.7 Å². The zero-order chi connectivity index (χ0) is 25.5. The molecule has 8 nitrogen and oxygen atoms in total. The van der Waals surface area contributed by atoms with Crippen LogP contribution in [0.15, 0.2) is 54.6 Å². The second-order valence-electron chi connectivity index (χ2n) is 8.90. The van der Waals surface area contributed by atoms with Gasteiger partial charge in [0.05, 0.1) is 17.7 Å². The fourth-order valence-electron chi connectivity index (χ4n) is 4.10. The molecule has 1 aliphatic heterocycles. The Bertz CT molecular complexity index is 1310. The number of rotatable bonds is 8. The van der Waals surface area contributed by atoms with Crippen LogP contribution in [-0.2, 0) is 10.2 Å². The number of aryl methyl sites for hydroxylation is 1. The lowest BCUT2D eigenvalue weighted by Gasteiger charge is -2.17. The minimum atomic E-state index is -3.72. The molecule has 1 aliphatic carbocycles. The molecule has 1 saturated carbocycles. The number of carbonyl (C=O) groups excluding carboxylic acids is 1. The molecule has 194 valence electrons.